The van der Waals surface area contributed by atoms with Crippen molar-refractivity contribution in [1.29, 1.82) is 0 Å². The van der Waals surface area contributed by atoms with Gasteiger partial charge in [0.15, 0.2) is 6.29 Å². The van der Waals surface area contributed by atoms with Crippen LogP contribution in [0.25, 0.3) is 0 Å². The van der Waals surface area contributed by atoms with Gasteiger partial charge < -0.3 is 9.84 Å². The third-order valence-corrected chi connectivity index (χ3v) is 1.80. The lowest BCUT2D eigenvalue weighted by Crippen LogP contribution is -1.99. The van der Waals surface area contributed by atoms with Crippen LogP contribution in [-0.2, 0) is 0 Å². The zero-order valence-corrected chi connectivity index (χ0v) is 8.05. The van der Waals surface area contributed by atoms with Crippen LogP contribution in [0.2, 0.25) is 0 Å². The average Bonchev–Trinajstić information content (AvgIpc) is 2.29. The molecule has 5 heteroatoms. The van der Waals surface area contributed by atoms with Crippen LogP contribution in [-0.4, -0.2) is 24.6 Å². The molecular weight excluding hydrogens is 198 g/mol. The molecule has 0 unspecified atom stereocenters. The monoisotopic (exact) mass is 209 g/mol. The van der Waals surface area contributed by atoms with E-state index in [2.05, 4.69) is 5.18 Å². The van der Waals surface area contributed by atoms with E-state index in [0.717, 1.165) is 0 Å². The smallest absolute Gasteiger partial charge is 0.152 e. The summed E-state index contributed by atoms with van der Waals surface area (Å²) >= 11 is 0. The van der Waals surface area contributed by atoms with Crippen molar-refractivity contribution in [1.82, 2.24) is 0 Å². The van der Waals surface area contributed by atoms with E-state index in [1.807, 2.05) is 0 Å². The first-order valence-electron chi connectivity index (χ1n) is 4.48. The van der Waals surface area contributed by atoms with Gasteiger partial charge in [-0.2, -0.15) is 0 Å². The molecule has 1 aromatic rings. The normalized spacial score (nSPS) is 9.67. The molecule has 0 saturated heterocycles. The third-order valence-electron chi connectivity index (χ3n) is 1.80. The number of nitroso groups, excluding NO2 is 1. The molecule has 0 atom stereocenters. The molecule has 0 aromatic heterocycles. The van der Waals surface area contributed by atoms with Crippen LogP contribution < -0.4 is 4.74 Å². The Kier molecular flexibility index (Phi) is 4.43. The molecule has 0 fully saturated rings. The maximum Gasteiger partial charge on any atom is 0.152 e. The number of aliphatic hydroxyl groups excluding tert-OH is 1. The van der Waals surface area contributed by atoms with Gasteiger partial charge in [0.25, 0.3) is 0 Å². The van der Waals surface area contributed by atoms with E-state index >= 15 is 0 Å². The molecule has 1 aromatic carbocycles. The van der Waals surface area contributed by atoms with Crippen LogP contribution in [0.15, 0.2) is 23.4 Å². The van der Waals surface area contributed by atoms with E-state index in [0.29, 0.717) is 25.1 Å². The number of rotatable bonds is 6. The minimum absolute atomic E-state index is 0.0501. The fourth-order valence-corrected chi connectivity index (χ4v) is 1.05. The van der Waals surface area contributed by atoms with E-state index in [1.54, 1.807) is 6.07 Å². The minimum atomic E-state index is 0.0501. The summed E-state index contributed by atoms with van der Waals surface area (Å²) in [5.41, 5.74) is 0.297. The van der Waals surface area contributed by atoms with Crippen LogP contribution in [0, 0.1) is 4.91 Å². The van der Waals surface area contributed by atoms with E-state index in [1.165, 1.54) is 12.1 Å². The van der Waals surface area contributed by atoms with Gasteiger partial charge in [0.1, 0.15) is 11.4 Å². The molecule has 0 saturated carbocycles. The summed E-state index contributed by atoms with van der Waals surface area (Å²) in [6.45, 7) is 0.414. The van der Waals surface area contributed by atoms with Gasteiger partial charge in [-0.25, -0.2) is 0 Å². The van der Waals surface area contributed by atoms with Crippen molar-refractivity contribution >= 4 is 12.0 Å². The Morgan fingerprint density at radius 2 is 2.27 bits per heavy atom. The van der Waals surface area contributed by atoms with Crippen molar-refractivity contribution in [3.63, 3.8) is 0 Å². The minimum Gasteiger partial charge on any atom is -0.493 e. The lowest BCUT2D eigenvalue weighted by molar-refractivity contribution is 0.112. The van der Waals surface area contributed by atoms with Gasteiger partial charge in [0.2, 0.25) is 0 Å². The van der Waals surface area contributed by atoms with Gasteiger partial charge in [0, 0.05) is 18.6 Å². The van der Waals surface area contributed by atoms with Crippen molar-refractivity contribution in [2.24, 2.45) is 5.18 Å². The SMILES string of the molecule is O=Cc1cc(OCCCO)ccc1N=O. The first-order valence-corrected chi connectivity index (χ1v) is 4.48. The number of aliphatic hydroxyl groups is 1. The molecule has 0 amide bonds. The molecule has 0 heterocycles. The highest BCUT2D eigenvalue weighted by molar-refractivity contribution is 5.83. The predicted octanol–water partition coefficient (Wildman–Crippen LogP) is 1.66. The Morgan fingerprint density at radius 3 is 2.87 bits per heavy atom. The molecule has 0 aliphatic rings. The second kappa shape index (κ2) is 5.87. The first-order chi connectivity index (χ1) is 7.31. The quantitative estimate of drug-likeness (QED) is 0.439. The molecule has 1 N–H and O–H groups in total. The maximum absolute atomic E-state index is 10.6. The highest BCUT2D eigenvalue weighted by Crippen LogP contribution is 2.22. The van der Waals surface area contributed by atoms with Crippen LogP contribution >= 0.6 is 0 Å². The second-order valence-electron chi connectivity index (χ2n) is 2.86. The molecule has 1 rings (SSSR count). The Hall–Kier alpha value is -1.75. The van der Waals surface area contributed by atoms with Crippen molar-refractivity contribution < 1.29 is 14.6 Å². The van der Waals surface area contributed by atoms with E-state index < -0.39 is 0 Å². The van der Waals surface area contributed by atoms with Crippen LogP contribution in [0.3, 0.4) is 0 Å². The van der Waals surface area contributed by atoms with Gasteiger partial charge in [-0.15, -0.1) is 4.91 Å². The number of carbonyl (C=O) groups is 1. The lowest BCUT2D eigenvalue weighted by Gasteiger charge is -2.05. The summed E-state index contributed by atoms with van der Waals surface area (Å²) in [5, 5.41) is 11.2. The van der Waals surface area contributed by atoms with Crippen molar-refractivity contribution in [3.05, 3.63) is 28.7 Å². The molecule has 0 aliphatic carbocycles. The fourth-order valence-electron chi connectivity index (χ4n) is 1.05. The number of carbonyl (C=O) groups excluding carboxylic acids is 1. The lowest BCUT2D eigenvalue weighted by atomic mass is 10.2. The molecule has 0 radical (unpaired) electrons. The standard InChI is InChI=1S/C10H11NO4/c12-4-1-5-15-9-2-3-10(11-14)8(6-9)7-13/h2-3,6-7,12H,1,4-5H2. The largest absolute Gasteiger partial charge is 0.493 e. The van der Waals surface area contributed by atoms with E-state index in [4.69, 9.17) is 9.84 Å². The third kappa shape index (κ3) is 3.14. The van der Waals surface area contributed by atoms with Crippen LogP contribution in [0.1, 0.15) is 16.8 Å². The van der Waals surface area contributed by atoms with Gasteiger partial charge in [-0.05, 0) is 23.4 Å². The summed E-state index contributed by atoms with van der Waals surface area (Å²) < 4.78 is 5.23. The summed E-state index contributed by atoms with van der Waals surface area (Å²) in [5.74, 6) is 0.484. The number of hydrogen-bond acceptors (Lipinski definition) is 5. The number of benzene rings is 1. The average molecular weight is 209 g/mol. The van der Waals surface area contributed by atoms with Crippen molar-refractivity contribution in [3.8, 4) is 5.75 Å². The summed E-state index contributed by atoms with van der Waals surface area (Å²) in [6, 6.07) is 4.42. The van der Waals surface area contributed by atoms with Crippen LogP contribution in [0.5, 0.6) is 5.75 Å². The van der Waals surface area contributed by atoms with Gasteiger partial charge in [-0.1, -0.05) is 0 Å². The zero-order valence-electron chi connectivity index (χ0n) is 8.05. The van der Waals surface area contributed by atoms with E-state index in [-0.39, 0.29) is 17.9 Å². The number of aldehydes is 1. The Morgan fingerprint density at radius 1 is 1.47 bits per heavy atom. The number of nitrogens with zero attached hydrogens (tertiary/aromatic N) is 1. The van der Waals surface area contributed by atoms with E-state index in [9.17, 15) is 9.70 Å². The Balaban J connectivity index is 2.74. The molecule has 80 valence electrons. The van der Waals surface area contributed by atoms with Gasteiger partial charge >= 0.3 is 0 Å². The fraction of sp³-hybridized carbons (Fsp3) is 0.300. The predicted molar refractivity (Wildman–Crippen MR) is 54.5 cm³/mol. The van der Waals surface area contributed by atoms with Crippen molar-refractivity contribution in [2.75, 3.05) is 13.2 Å². The summed E-state index contributed by atoms with van der Waals surface area (Å²) in [7, 11) is 0. The Labute approximate surface area is 86.7 Å². The summed E-state index contributed by atoms with van der Waals surface area (Å²) in [6.07, 6.45) is 1.07. The zero-order chi connectivity index (χ0) is 11.1. The Bertz CT molecular complexity index is 351. The molecule has 0 bridgehead atoms. The highest BCUT2D eigenvalue weighted by atomic mass is 16.5. The maximum atomic E-state index is 10.6. The van der Waals surface area contributed by atoms with Gasteiger partial charge in [0.05, 0.1) is 6.61 Å². The van der Waals surface area contributed by atoms with Gasteiger partial charge in [-0.3, -0.25) is 4.79 Å². The second-order valence-corrected chi connectivity index (χ2v) is 2.86. The van der Waals surface area contributed by atoms with Crippen molar-refractivity contribution in [2.45, 2.75) is 6.42 Å². The number of ether oxygens (including phenoxy) is 1. The molecule has 15 heavy (non-hydrogen) atoms. The highest BCUT2D eigenvalue weighted by Gasteiger charge is 2.03. The summed E-state index contributed by atoms with van der Waals surface area (Å²) in [4.78, 5) is 20.8. The molecule has 5 nitrogen and oxygen atoms in total. The topological polar surface area (TPSA) is 76.0 Å². The number of hydrogen-bond donors (Lipinski definition) is 1. The molecule has 0 aliphatic heterocycles. The molecule has 0 spiro atoms. The molecular formula is C10H11NO4. The first kappa shape index (κ1) is 11.3. The van der Waals surface area contributed by atoms with Crippen LogP contribution in [0.4, 0.5) is 5.69 Å².